The predicted molar refractivity (Wildman–Crippen MR) is 92.2 cm³/mol. The van der Waals surface area contributed by atoms with Crippen molar-refractivity contribution in [2.24, 2.45) is 0 Å². The number of hydrogen-bond donors (Lipinski definition) is 0. The number of hydrogen-bond acceptors (Lipinski definition) is 6. The van der Waals surface area contributed by atoms with Crippen molar-refractivity contribution >= 4 is 11.0 Å². The molecule has 0 atom stereocenters. The van der Waals surface area contributed by atoms with Crippen LogP contribution in [0.4, 0.5) is 8.78 Å². The molecule has 0 aliphatic carbocycles. The summed E-state index contributed by atoms with van der Waals surface area (Å²) in [4.78, 5) is 8.60. The molecule has 4 aromatic rings. The van der Waals surface area contributed by atoms with Crippen molar-refractivity contribution in [2.75, 3.05) is 0 Å². The molecule has 0 aliphatic rings. The first-order valence-electron chi connectivity index (χ1n) is 8.28. The summed E-state index contributed by atoms with van der Waals surface area (Å²) in [5, 5.41) is 6.89. The first kappa shape index (κ1) is 17.1. The molecule has 4 rings (SSSR count). The monoisotopic (exact) mass is 371 g/mol. The van der Waals surface area contributed by atoms with Crippen LogP contribution in [0, 0.1) is 0 Å². The van der Waals surface area contributed by atoms with E-state index in [1.54, 1.807) is 18.5 Å². The van der Waals surface area contributed by atoms with Crippen molar-refractivity contribution in [1.29, 1.82) is 0 Å². The minimum absolute atomic E-state index is 0.00207. The predicted octanol–water partition coefficient (Wildman–Crippen LogP) is 4.02. The lowest BCUT2D eigenvalue weighted by Crippen LogP contribution is -1.98. The molecule has 0 fully saturated rings. The van der Waals surface area contributed by atoms with Gasteiger partial charge in [-0.05, 0) is 31.2 Å². The SMILES string of the molecule is CCn1cnc2cc(OCc3ccc(-c4nnc(C(F)F)o4)cn3)ccc21. The van der Waals surface area contributed by atoms with Crippen LogP contribution in [0.3, 0.4) is 0 Å². The third-order valence-electron chi connectivity index (χ3n) is 4.02. The highest BCUT2D eigenvalue weighted by Crippen LogP contribution is 2.23. The van der Waals surface area contributed by atoms with Gasteiger partial charge in [0.05, 0.1) is 28.6 Å². The Labute approximate surface area is 152 Å². The standard InChI is InChI=1S/C18H15F2N5O2/c1-2-25-10-22-14-7-13(5-6-15(14)25)26-9-12-4-3-11(8-21-12)17-23-24-18(27-17)16(19)20/h3-8,10,16H,2,9H2,1H3. The summed E-state index contributed by atoms with van der Waals surface area (Å²) >= 11 is 0. The van der Waals surface area contributed by atoms with Gasteiger partial charge in [0.2, 0.25) is 5.89 Å². The average Bonchev–Trinajstić information content (AvgIpc) is 3.33. The van der Waals surface area contributed by atoms with Crippen molar-refractivity contribution in [2.45, 2.75) is 26.5 Å². The summed E-state index contributed by atoms with van der Waals surface area (Å²) in [6, 6.07) is 9.11. The van der Waals surface area contributed by atoms with Gasteiger partial charge in [0, 0.05) is 18.8 Å². The maximum absolute atomic E-state index is 12.5. The molecule has 138 valence electrons. The maximum Gasteiger partial charge on any atom is 0.314 e. The average molecular weight is 371 g/mol. The number of fused-ring (bicyclic) bond motifs is 1. The van der Waals surface area contributed by atoms with Crippen LogP contribution in [0.5, 0.6) is 5.75 Å². The highest BCUT2D eigenvalue weighted by atomic mass is 19.3. The van der Waals surface area contributed by atoms with E-state index < -0.39 is 12.3 Å². The largest absolute Gasteiger partial charge is 0.487 e. The lowest BCUT2D eigenvalue weighted by Gasteiger charge is -2.06. The Hall–Kier alpha value is -3.36. The number of halogens is 2. The fourth-order valence-corrected chi connectivity index (χ4v) is 2.62. The van der Waals surface area contributed by atoms with E-state index in [1.807, 2.05) is 18.2 Å². The van der Waals surface area contributed by atoms with E-state index in [9.17, 15) is 8.78 Å². The van der Waals surface area contributed by atoms with Gasteiger partial charge in [-0.1, -0.05) is 0 Å². The molecule has 0 saturated heterocycles. The summed E-state index contributed by atoms with van der Waals surface area (Å²) in [6.07, 6.45) is 0.479. The molecule has 0 aliphatic heterocycles. The number of rotatable bonds is 6. The number of pyridine rings is 1. The molecule has 7 nitrogen and oxygen atoms in total. The highest BCUT2D eigenvalue weighted by Gasteiger charge is 2.17. The molecule has 3 heterocycles. The van der Waals surface area contributed by atoms with Gasteiger partial charge in [-0.25, -0.2) is 4.98 Å². The molecule has 0 unspecified atom stereocenters. The van der Waals surface area contributed by atoms with Crippen molar-refractivity contribution < 1.29 is 17.9 Å². The van der Waals surface area contributed by atoms with Crippen LogP contribution in [0.2, 0.25) is 0 Å². The van der Waals surface area contributed by atoms with Crippen LogP contribution in [-0.2, 0) is 13.2 Å². The maximum atomic E-state index is 12.5. The summed E-state index contributed by atoms with van der Waals surface area (Å²) in [7, 11) is 0. The van der Waals surface area contributed by atoms with Crippen LogP contribution in [0.15, 0.2) is 47.3 Å². The Morgan fingerprint density at radius 3 is 2.74 bits per heavy atom. The Bertz CT molecular complexity index is 1060. The Balaban J connectivity index is 1.44. The van der Waals surface area contributed by atoms with E-state index in [4.69, 9.17) is 9.15 Å². The summed E-state index contributed by atoms with van der Waals surface area (Å²) < 4.78 is 37.7. The lowest BCUT2D eigenvalue weighted by atomic mass is 10.2. The second kappa shape index (κ2) is 7.10. The Morgan fingerprint density at radius 2 is 2.04 bits per heavy atom. The topological polar surface area (TPSA) is 78.9 Å². The van der Waals surface area contributed by atoms with Gasteiger partial charge in [-0.2, -0.15) is 8.78 Å². The van der Waals surface area contributed by atoms with E-state index in [1.165, 1.54) is 6.20 Å². The number of nitrogens with zero attached hydrogens (tertiary/aromatic N) is 5. The van der Waals surface area contributed by atoms with Gasteiger partial charge in [0.15, 0.2) is 0 Å². The van der Waals surface area contributed by atoms with E-state index in [0.29, 0.717) is 17.0 Å². The van der Waals surface area contributed by atoms with Gasteiger partial charge in [-0.15, -0.1) is 10.2 Å². The van der Waals surface area contributed by atoms with Crippen LogP contribution in [0.25, 0.3) is 22.5 Å². The molecule has 0 radical (unpaired) electrons. The number of ether oxygens (including phenoxy) is 1. The Morgan fingerprint density at radius 1 is 1.15 bits per heavy atom. The summed E-state index contributed by atoms with van der Waals surface area (Å²) in [5.41, 5.74) is 3.05. The first-order chi connectivity index (χ1) is 13.1. The van der Waals surface area contributed by atoms with Crippen molar-refractivity contribution in [3.05, 3.63) is 54.4 Å². The molecular formula is C18H15F2N5O2. The molecule has 3 aromatic heterocycles. The molecule has 1 aromatic carbocycles. The number of imidazole rings is 1. The third-order valence-corrected chi connectivity index (χ3v) is 4.02. The number of benzene rings is 1. The molecule has 0 saturated carbocycles. The van der Waals surface area contributed by atoms with E-state index in [-0.39, 0.29) is 12.5 Å². The van der Waals surface area contributed by atoms with Crippen LogP contribution in [-0.4, -0.2) is 24.7 Å². The minimum Gasteiger partial charge on any atom is -0.487 e. The number of alkyl halides is 2. The van der Waals surface area contributed by atoms with Gasteiger partial charge in [-0.3, -0.25) is 4.98 Å². The number of aromatic nitrogens is 5. The summed E-state index contributed by atoms with van der Waals surface area (Å²) in [6.45, 7) is 3.17. The zero-order valence-corrected chi connectivity index (χ0v) is 14.3. The van der Waals surface area contributed by atoms with Gasteiger partial charge >= 0.3 is 6.43 Å². The van der Waals surface area contributed by atoms with E-state index in [0.717, 1.165) is 17.6 Å². The molecule has 0 N–H and O–H groups in total. The highest BCUT2D eigenvalue weighted by molar-refractivity contribution is 5.76. The molecule has 0 amide bonds. The van der Waals surface area contributed by atoms with Crippen LogP contribution in [0.1, 0.15) is 24.9 Å². The third kappa shape index (κ3) is 3.48. The lowest BCUT2D eigenvalue weighted by molar-refractivity contribution is 0.116. The number of aryl methyl sites for hydroxylation is 1. The van der Waals surface area contributed by atoms with Gasteiger partial charge in [0.25, 0.3) is 5.89 Å². The fourth-order valence-electron chi connectivity index (χ4n) is 2.62. The zero-order chi connectivity index (χ0) is 18.8. The molecule has 0 bridgehead atoms. The second-order valence-corrected chi connectivity index (χ2v) is 5.75. The molecular weight excluding hydrogens is 356 g/mol. The van der Waals surface area contributed by atoms with E-state index in [2.05, 4.69) is 31.7 Å². The van der Waals surface area contributed by atoms with Gasteiger partial charge < -0.3 is 13.7 Å². The molecule has 9 heteroatoms. The van der Waals surface area contributed by atoms with Crippen molar-refractivity contribution in [1.82, 2.24) is 24.7 Å². The van der Waals surface area contributed by atoms with Crippen molar-refractivity contribution in [3.63, 3.8) is 0 Å². The first-order valence-corrected chi connectivity index (χ1v) is 8.28. The smallest absolute Gasteiger partial charge is 0.314 e. The van der Waals surface area contributed by atoms with Crippen molar-refractivity contribution in [3.8, 4) is 17.2 Å². The normalized spacial score (nSPS) is 11.4. The molecule has 27 heavy (non-hydrogen) atoms. The minimum atomic E-state index is -2.80. The quantitative estimate of drug-likeness (QED) is 0.509. The zero-order valence-electron chi connectivity index (χ0n) is 14.3. The van der Waals surface area contributed by atoms with Gasteiger partial charge in [0.1, 0.15) is 12.4 Å². The van der Waals surface area contributed by atoms with E-state index >= 15 is 0 Å². The second-order valence-electron chi connectivity index (χ2n) is 5.75. The summed E-state index contributed by atoms with van der Waals surface area (Å²) in [5.74, 6) is -0.0197. The molecule has 0 spiro atoms. The van der Waals surface area contributed by atoms with Crippen LogP contribution >= 0.6 is 0 Å². The Kier molecular flexibility index (Phi) is 4.49. The van der Waals surface area contributed by atoms with Crippen LogP contribution < -0.4 is 4.74 Å². The fraction of sp³-hybridized carbons (Fsp3) is 0.222.